The minimum absolute atomic E-state index is 0.0726. The van der Waals surface area contributed by atoms with Crippen LogP contribution in [-0.2, 0) is 14.4 Å². The van der Waals surface area contributed by atoms with Crippen LogP contribution in [0.5, 0.6) is 0 Å². The van der Waals surface area contributed by atoms with Gasteiger partial charge in [-0.15, -0.1) is 0 Å². The first-order chi connectivity index (χ1) is 9.49. The van der Waals surface area contributed by atoms with Crippen LogP contribution >= 0.6 is 0 Å². The lowest BCUT2D eigenvalue weighted by atomic mass is 10.0. The molecule has 1 rings (SSSR count). The second-order valence-corrected chi connectivity index (χ2v) is 4.36. The average molecular weight is 278 g/mol. The van der Waals surface area contributed by atoms with Crippen molar-refractivity contribution in [1.82, 2.24) is 10.6 Å². The maximum Gasteiger partial charge on any atom is 0.305 e. The monoisotopic (exact) mass is 278 g/mol. The molecule has 6 nitrogen and oxygen atoms in total. The van der Waals surface area contributed by atoms with Crippen LogP contribution in [0.2, 0.25) is 0 Å². The first-order valence-electron chi connectivity index (χ1n) is 6.29. The molecule has 1 atom stereocenters. The summed E-state index contributed by atoms with van der Waals surface area (Å²) < 4.78 is 0. The third kappa shape index (κ3) is 5.99. The Hall–Kier alpha value is -2.37. The number of nitrogens with one attached hydrogen (secondary N) is 2. The van der Waals surface area contributed by atoms with E-state index in [0.717, 1.165) is 5.56 Å². The van der Waals surface area contributed by atoms with E-state index < -0.39 is 12.0 Å². The van der Waals surface area contributed by atoms with E-state index in [-0.39, 0.29) is 31.2 Å². The Morgan fingerprint density at radius 3 is 2.40 bits per heavy atom. The molecule has 0 saturated carbocycles. The summed E-state index contributed by atoms with van der Waals surface area (Å²) in [6, 6.07) is 8.73. The highest BCUT2D eigenvalue weighted by Crippen LogP contribution is 2.16. The highest BCUT2D eigenvalue weighted by molar-refractivity contribution is 5.79. The molecule has 3 N–H and O–H groups in total. The smallest absolute Gasteiger partial charge is 0.305 e. The number of carbonyl (C=O) groups is 3. The number of aliphatic carboxylic acids is 1. The van der Waals surface area contributed by atoms with Crippen LogP contribution in [0.4, 0.5) is 0 Å². The Morgan fingerprint density at radius 1 is 1.20 bits per heavy atom. The fourth-order valence-electron chi connectivity index (χ4n) is 1.75. The molecule has 0 aliphatic heterocycles. The molecule has 0 saturated heterocycles. The molecule has 1 aromatic rings. The number of amides is 2. The van der Waals surface area contributed by atoms with Gasteiger partial charge in [-0.3, -0.25) is 14.4 Å². The number of carboxylic acid groups (broad SMARTS) is 1. The molecule has 20 heavy (non-hydrogen) atoms. The summed E-state index contributed by atoms with van der Waals surface area (Å²) in [5.74, 6) is -1.49. The normalized spacial score (nSPS) is 11.4. The van der Waals surface area contributed by atoms with Gasteiger partial charge >= 0.3 is 5.97 Å². The van der Waals surface area contributed by atoms with E-state index >= 15 is 0 Å². The maximum atomic E-state index is 11.7. The third-order valence-corrected chi connectivity index (χ3v) is 2.63. The van der Waals surface area contributed by atoms with Crippen molar-refractivity contribution in [3.05, 3.63) is 35.9 Å². The fraction of sp³-hybridized carbons (Fsp3) is 0.357. The van der Waals surface area contributed by atoms with Gasteiger partial charge in [0.15, 0.2) is 0 Å². The number of carboxylic acids is 1. The van der Waals surface area contributed by atoms with Crippen LogP contribution < -0.4 is 10.6 Å². The first kappa shape index (κ1) is 15.7. The van der Waals surface area contributed by atoms with Crippen LogP contribution in [0.1, 0.15) is 31.4 Å². The predicted octanol–water partition coefficient (Wildman–Crippen LogP) is 0.845. The topological polar surface area (TPSA) is 95.5 Å². The van der Waals surface area contributed by atoms with E-state index in [1.54, 1.807) is 0 Å². The molecule has 0 aliphatic carbocycles. The van der Waals surface area contributed by atoms with Crippen molar-refractivity contribution in [2.75, 3.05) is 6.54 Å². The highest BCUT2D eigenvalue weighted by atomic mass is 16.4. The van der Waals surface area contributed by atoms with Gasteiger partial charge in [0.1, 0.15) is 0 Å². The molecule has 0 spiro atoms. The van der Waals surface area contributed by atoms with E-state index in [1.165, 1.54) is 6.92 Å². The van der Waals surface area contributed by atoms with E-state index in [0.29, 0.717) is 0 Å². The first-order valence-corrected chi connectivity index (χ1v) is 6.29. The molecule has 0 fully saturated rings. The van der Waals surface area contributed by atoms with E-state index in [4.69, 9.17) is 5.11 Å². The standard InChI is InChI=1S/C14H18N2O4/c1-10(17)16-12(11-5-3-2-4-6-11)9-13(18)15-8-7-14(19)20/h2-6,12H,7-9H2,1H3,(H,15,18)(H,16,17)(H,19,20). The van der Waals surface area contributed by atoms with Gasteiger partial charge in [0.05, 0.1) is 18.9 Å². The van der Waals surface area contributed by atoms with Crippen LogP contribution in [0.15, 0.2) is 30.3 Å². The summed E-state index contributed by atoms with van der Waals surface area (Å²) in [6.07, 6.45) is -0.0505. The van der Waals surface area contributed by atoms with Crippen LogP contribution in [0, 0.1) is 0 Å². The molecule has 1 unspecified atom stereocenters. The molecule has 0 aliphatic rings. The summed E-state index contributed by atoms with van der Waals surface area (Å²) in [5, 5.41) is 13.7. The lowest BCUT2D eigenvalue weighted by Crippen LogP contribution is -2.33. The lowest BCUT2D eigenvalue weighted by molar-refractivity contribution is -0.137. The van der Waals surface area contributed by atoms with Crippen LogP contribution in [0.25, 0.3) is 0 Å². The minimum Gasteiger partial charge on any atom is -0.481 e. The largest absolute Gasteiger partial charge is 0.481 e. The number of rotatable bonds is 7. The molecule has 0 radical (unpaired) electrons. The van der Waals surface area contributed by atoms with E-state index in [1.807, 2.05) is 30.3 Å². The van der Waals surface area contributed by atoms with Crippen molar-refractivity contribution in [2.45, 2.75) is 25.8 Å². The van der Waals surface area contributed by atoms with Crippen molar-refractivity contribution >= 4 is 17.8 Å². The molecule has 1 aromatic carbocycles. The predicted molar refractivity (Wildman–Crippen MR) is 72.9 cm³/mol. The lowest BCUT2D eigenvalue weighted by Gasteiger charge is -2.18. The van der Waals surface area contributed by atoms with Crippen LogP contribution in [-0.4, -0.2) is 29.4 Å². The molecule has 108 valence electrons. The Balaban J connectivity index is 2.59. The zero-order valence-electron chi connectivity index (χ0n) is 11.3. The Bertz CT molecular complexity index is 473. The zero-order valence-corrected chi connectivity index (χ0v) is 11.3. The SMILES string of the molecule is CC(=O)NC(CC(=O)NCCC(=O)O)c1ccccc1. The number of hydrogen-bond donors (Lipinski definition) is 3. The summed E-state index contributed by atoms with van der Waals surface area (Å²) in [4.78, 5) is 33.3. The molecule has 0 heterocycles. The summed E-state index contributed by atoms with van der Waals surface area (Å²) in [6.45, 7) is 1.47. The Morgan fingerprint density at radius 2 is 1.85 bits per heavy atom. The van der Waals surface area contributed by atoms with Gasteiger partial charge in [0.25, 0.3) is 0 Å². The van der Waals surface area contributed by atoms with Gasteiger partial charge in [0.2, 0.25) is 11.8 Å². The number of hydrogen-bond acceptors (Lipinski definition) is 3. The van der Waals surface area contributed by atoms with Gasteiger partial charge in [-0.25, -0.2) is 0 Å². The molecule has 6 heteroatoms. The molecule has 0 aromatic heterocycles. The molecule has 0 bridgehead atoms. The molecular formula is C14H18N2O4. The molecular weight excluding hydrogens is 260 g/mol. The fourth-order valence-corrected chi connectivity index (χ4v) is 1.75. The zero-order chi connectivity index (χ0) is 15.0. The van der Waals surface area contributed by atoms with Crippen molar-refractivity contribution in [3.63, 3.8) is 0 Å². The summed E-state index contributed by atoms with van der Waals surface area (Å²) >= 11 is 0. The van der Waals surface area contributed by atoms with Crippen LogP contribution in [0.3, 0.4) is 0 Å². The minimum atomic E-state index is -0.966. The van der Waals surface area contributed by atoms with E-state index in [2.05, 4.69) is 10.6 Å². The number of benzene rings is 1. The van der Waals surface area contributed by atoms with Gasteiger partial charge < -0.3 is 15.7 Å². The summed E-state index contributed by atoms with van der Waals surface area (Å²) in [7, 11) is 0. The Labute approximate surface area is 117 Å². The second-order valence-electron chi connectivity index (χ2n) is 4.36. The quantitative estimate of drug-likeness (QED) is 0.689. The second kappa shape index (κ2) is 7.93. The third-order valence-electron chi connectivity index (χ3n) is 2.63. The highest BCUT2D eigenvalue weighted by Gasteiger charge is 2.16. The molecule has 2 amide bonds. The van der Waals surface area contributed by atoms with Crippen molar-refractivity contribution in [3.8, 4) is 0 Å². The van der Waals surface area contributed by atoms with Gasteiger partial charge in [-0.2, -0.15) is 0 Å². The van der Waals surface area contributed by atoms with E-state index in [9.17, 15) is 14.4 Å². The number of carbonyl (C=O) groups excluding carboxylic acids is 2. The van der Waals surface area contributed by atoms with Crippen molar-refractivity contribution < 1.29 is 19.5 Å². The van der Waals surface area contributed by atoms with Gasteiger partial charge in [-0.1, -0.05) is 30.3 Å². The Kier molecular flexibility index (Phi) is 6.22. The van der Waals surface area contributed by atoms with Gasteiger partial charge in [-0.05, 0) is 5.56 Å². The summed E-state index contributed by atoms with van der Waals surface area (Å²) in [5.41, 5.74) is 0.830. The average Bonchev–Trinajstić information content (AvgIpc) is 2.38. The van der Waals surface area contributed by atoms with Crippen molar-refractivity contribution in [1.29, 1.82) is 0 Å². The van der Waals surface area contributed by atoms with Gasteiger partial charge in [0, 0.05) is 13.5 Å². The van der Waals surface area contributed by atoms with Crippen molar-refractivity contribution in [2.24, 2.45) is 0 Å². The maximum absolute atomic E-state index is 11.7.